The molecule has 0 fully saturated rings. The van der Waals surface area contributed by atoms with Crippen LogP contribution in [0.1, 0.15) is 0 Å². The summed E-state index contributed by atoms with van der Waals surface area (Å²) in [7, 11) is 2.04. The number of benzene rings is 1. The summed E-state index contributed by atoms with van der Waals surface area (Å²) in [5, 5.41) is 0. The zero-order valence-corrected chi connectivity index (χ0v) is 7.46. The van der Waals surface area contributed by atoms with Gasteiger partial charge in [0.2, 0.25) is 0 Å². The van der Waals surface area contributed by atoms with E-state index >= 15 is 0 Å². The van der Waals surface area contributed by atoms with Gasteiger partial charge >= 0.3 is 0 Å². The minimum absolute atomic E-state index is 0. The monoisotopic (exact) mass is 184 g/mol. The van der Waals surface area contributed by atoms with E-state index in [4.69, 9.17) is 9.47 Å². The Labute approximate surface area is 77.5 Å². The molecule has 0 atom stereocenters. The molecule has 0 aromatic heterocycles. The molecule has 1 aromatic carbocycles. The second-order valence-corrected chi connectivity index (χ2v) is 2.65. The van der Waals surface area contributed by atoms with Crippen LogP contribution >= 0.6 is 0 Å². The van der Waals surface area contributed by atoms with Crippen LogP contribution in [0.4, 0.5) is 0 Å². The summed E-state index contributed by atoms with van der Waals surface area (Å²) in [6, 6.07) is 5.96. The molecule has 0 bridgehead atoms. The van der Waals surface area contributed by atoms with Crippen molar-refractivity contribution >= 4 is 13.3 Å². The molecule has 0 aliphatic carbocycles. The maximum absolute atomic E-state index is 5.38. The Balaban J connectivity index is 0.000000720. The van der Waals surface area contributed by atoms with Gasteiger partial charge in [0.15, 0.2) is 11.5 Å². The number of fused-ring (bicyclic) bond motifs is 1. The minimum atomic E-state index is 0. The van der Waals surface area contributed by atoms with Gasteiger partial charge in [-0.3, -0.25) is 0 Å². The lowest BCUT2D eigenvalue weighted by Gasteiger charge is -2.18. The third-order valence-corrected chi connectivity index (χ3v) is 1.70. The standard InChI is InChI=1S/C8H9BO2.2H2O/c9-6-1-2-7-8(5-6)11-4-3-10-7;;/h1-2,5H,3-4,9H2;2*1H2. The van der Waals surface area contributed by atoms with Crippen molar-refractivity contribution in [1.29, 1.82) is 0 Å². The molecule has 5 heteroatoms. The average molecular weight is 184 g/mol. The van der Waals surface area contributed by atoms with E-state index in [1.165, 1.54) is 5.46 Å². The normalized spacial score (nSPS) is 12.3. The molecular formula is C8H13BO4. The van der Waals surface area contributed by atoms with Crippen molar-refractivity contribution in [3.63, 3.8) is 0 Å². The molecule has 1 aromatic rings. The van der Waals surface area contributed by atoms with Crippen molar-refractivity contribution in [2.45, 2.75) is 0 Å². The Morgan fingerprint density at radius 1 is 1.00 bits per heavy atom. The molecule has 4 N–H and O–H groups in total. The first-order valence-electron chi connectivity index (χ1n) is 3.72. The van der Waals surface area contributed by atoms with Crippen molar-refractivity contribution in [1.82, 2.24) is 0 Å². The van der Waals surface area contributed by atoms with E-state index in [1.807, 2.05) is 26.0 Å². The summed E-state index contributed by atoms with van der Waals surface area (Å²) in [5.41, 5.74) is 1.20. The van der Waals surface area contributed by atoms with Crippen molar-refractivity contribution < 1.29 is 20.4 Å². The fraction of sp³-hybridized carbons (Fsp3) is 0.250. The summed E-state index contributed by atoms with van der Waals surface area (Å²) in [6.07, 6.45) is 0. The molecule has 0 saturated heterocycles. The van der Waals surface area contributed by atoms with Crippen molar-refractivity contribution in [3.05, 3.63) is 18.2 Å². The Bertz CT molecular complexity index is 277. The molecule has 0 amide bonds. The summed E-state index contributed by atoms with van der Waals surface area (Å²) in [4.78, 5) is 0. The number of rotatable bonds is 0. The van der Waals surface area contributed by atoms with E-state index in [1.54, 1.807) is 0 Å². The SMILES string of the molecule is Bc1ccc2c(c1)OCCO2.O.O. The molecule has 4 nitrogen and oxygen atoms in total. The summed E-state index contributed by atoms with van der Waals surface area (Å²) in [6.45, 7) is 1.33. The van der Waals surface area contributed by atoms with Crippen LogP contribution in [-0.4, -0.2) is 32.0 Å². The zero-order chi connectivity index (χ0) is 7.68. The third kappa shape index (κ3) is 2.37. The summed E-state index contributed by atoms with van der Waals surface area (Å²) in [5.74, 6) is 1.73. The molecule has 0 radical (unpaired) electrons. The Kier molecular flexibility index (Phi) is 4.30. The molecule has 1 aliphatic heterocycles. The summed E-state index contributed by atoms with van der Waals surface area (Å²) < 4.78 is 10.7. The van der Waals surface area contributed by atoms with Gasteiger partial charge in [-0.1, -0.05) is 11.5 Å². The molecule has 2 rings (SSSR count). The highest BCUT2D eigenvalue weighted by Crippen LogP contribution is 2.27. The number of ether oxygens (including phenoxy) is 2. The van der Waals surface area contributed by atoms with Gasteiger partial charge in [0.05, 0.1) is 0 Å². The van der Waals surface area contributed by atoms with E-state index in [0.717, 1.165) is 11.5 Å². The topological polar surface area (TPSA) is 81.5 Å². The van der Waals surface area contributed by atoms with Crippen LogP contribution in [0.2, 0.25) is 0 Å². The second-order valence-electron chi connectivity index (χ2n) is 2.65. The quantitative estimate of drug-likeness (QED) is 0.440. The number of hydrogen-bond acceptors (Lipinski definition) is 2. The van der Waals surface area contributed by atoms with Gasteiger partial charge in [-0.15, -0.1) is 0 Å². The minimum Gasteiger partial charge on any atom is -0.486 e. The first-order valence-corrected chi connectivity index (χ1v) is 3.72. The van der Waals surface area contributed by atoms with Crippen LogP contribution in [0, 0.1) is 0 Å². The van der Waals surface area contributed by atoms with E-state index in [-0.39, 0.29) is 11.0 Å². The predicted molar refractivity (Wildman–Crippen MR) is 52.8 cm³/mol. The van der Waals surface area contributed by atoms with Gasteiger partial charge in [0.25, 0.3) is 0 Å². The molecule has 1 heterocycles. The highest BCUT2D eigenvalue weighted by atomic mass is 16.6. The van der Waals surface area contributed by atoms with E-state index in [9.17, 15) is 0 Å². The zero-order valence-electron chi connectivity index (χ0n) is 7.46. The van der Waals surface area contributed by atoms with Crippen molar-refractivity contribution in [2.24, 2.45) is 0 Å². The molecular weight excluding hydrogens is 171 g/mol. The van der Waals surface area contributed by atoms with Crippen LogP contribution < -0.4 is 14.9 Å². The van der Waals surface area contributed by atoms with E-state index in [2.05, 4.69) is 0 Å². The van der Waals surface area contributed by atoms with Gasteiger partial charge in [-0.05, 0) is 12.1 Å². The maximum atomic E-state index is 5.38. The van der Waals surface area contributed by atoms with Gasteiger partial charge in [0.1, 0.15) is 21.1 Å². The largest absolute Gasteiger partial charge is 0.486 e. The van der Waals surface area contributed by atoms with Gasteiger partial charge in [-0.2, -0.15) is 0 Å². The Morgan fingerprint density at radius 3 is 2.31 bits per heavy atom. The van der Waals surface area contributed by atoms with Gasteiger partial charge in [0, 0.05) is 0 Å². The Hall–Kier alpha value is -1.20. The lowest BCUT2D eigenvalue weighted by molar-refractivity contribution is 0.172. The van der Waals surface area contributed by atoms with Crippen molar-refractivity contribution in [3.8, 4) is 11.5 Å². The lowest BCUT2D eigenvalue weighted by Crippen LogP contribution is -2.17. The molecule has 0 saturated carbocycles. The molecule has 0 spiro atoms. The van der Waals surface area contributed by atoms with Gasteiger partial charge < -0.3 is 20.4 Å². The highest BCUT2D eigenvalue weighted by molar-refractivity contribution is 6.32. The highest BCUT2D eigenvalue weighted by Gasteiger charge is 2.09. The van der Waals surface area contributed by atoms with E-state index < -0.39 is 0 Å². The van der Waals surface area contributed by atoms with Crippen LogP contribution in [0.3, 0.4) is 0 Å². The Morgan fingerprint density at radius 2 is 1.62 bits per heavy atom. The van der Waals surface area contributed by atoms with Crippen LogP contribution in [0.5, 0.6) is 11.5 Å². The fourth-order valence-corrected chi connectivity index (χ4v) is 1.15. The van der Waals surface area contributed by atoms with Crippen LogP contribution in [0.25, 0.3) is 0 Å². The number of hydrogen-bond donors (Lipinski definition) is 0. The van der Waals surface area contributed by atoms with E-state index in [0.29, 0.717) is 13.2 Å². The van der Waals surface area contributed by atoms with Gasteiger partial charge in [-0.25, -0.2) is 0 Å². The van der Waals surface area contributed by atoms with Crippen molar-refractivity contribution in [2.75, 3.05) is 13.2 Å². The maximum Gasteiger partial charge on any atom is 0.161 e. The average Bonchev–Trinajstić information content (AvgIpc) is 2.04. The van der Waals surface area contributed by atoms with Crippen LogP contribution in [-0.2, 0) is 0 Å². The smallest absolute Gasteiger partial charge is 0.161 e. The predicted octanol–water partition coefficient (Wildman–Crippen LogP) is -1.93. The molecule has 13 heavy (non-hydrogen) atoms. The second kappa shape index (κ2) is 4.74. The first kappa shape index (κ1) is 11.8. The third-order valence-electron chi connectivity index (χ3n) is 1.70. The molecule has 0 unspecified atom stereocenters. The van der Waals surface area contributed by atoms with Crippen LogP contribution in [0.15, 0.2) is 18.2 Å². The molecule has 72 valence electrons. The fourth-order valence-electron chi connectivity index (χ4n) is 1.15. The molecule has 1 aliphatic rings. The lowest BCUT2D eigenvalue weighted by atomic mass is 9.96. The first-order chi connectivity index (χ1) is 5.36. The summed E-state index contributed by atoms with van der Waals surface area (Å²) >= 11 is 0.